The van der Waals surface area contributed by atoms with E-state index in [4.69, 9.17) is 9.47 Å². The van der Waals surface area contributed by atoms with Gasteiger partial charge in [-0.3, -0.25) is 14.5 Å². The van der Waals surface area contributed by atoms with Crippen LogP contribution in [0.4, 0.5) is 5.13 Å². The molecule has 1 N–H and O–H groups in total. The minimum Gasteiger partial charge on any atom is -0.507 e. The first-order valence-corrected chi connectivity index (χ1v) is 16.5. The molecule has 44 heavy (non-hydrogen) atoms. The van der Waals surface area contributed by atoms with Gasteiger partial charge >= 0.3 is 5.91 Å². The molecule has 3 aromatic carbocycles. The number of Topliss-reactive ketones (excluding diaryl/α,β-unsaturated/α-hetero) is 1. The summed E-state index contributed by atoms with van der Waals surface area (Å²) < 4.78 is 12.6. The van der Waals surface area contributed by atoms with Crippen LogP contribution in [0.2, 0.25) is 0 Å². The van der Waals surface area contributed by atoms with Crippen molar-refractivity contribution in [3.63, 3.8) is 0 Å². The molecular formula is C34H35N3O5S2. The molecule has 1 aromatic heterocycles. The summed E-state index contributed by atoms with van der Waals surface area (Å²) in [5, 5.41) is 20.4. The minimum absolute atomic E-state index is 0.0217. The second-order valence-corrected chi connectivity index (χ2v) is 12.5. The summed E-state index contributed by atoms with van der Waals surface area (Å²) in [5.74, 6) is -0.0620. The van der Waals surface area contributed by atoms with Crippen LogP contribution in [0.5, 0.6) is 11.5 Å². The topological polar surface area (TPSA) is 102 Å². The van der Waals surface area contributed by atoms with Gasteiger partial charge in [-0.25, -0.2) is 0 Å². The van der Waals surface area contributed by atoms with E-state index >= 15 is 0 Å². The fourth-order valence-electron chi connectivity index (χ4n) is 4.91. The summed E-state index contributed by atoms with van der Waals surface area (Å²) in [6.45, 7) is 6.90. The fourth-order valence-corrected chi connectivity index (χ4v) is 6.73. The molecule has 0 radical (unpaired) electrons. The second-order valence-electron chi connectivity index (χ2n) is 10.4. The van der Waals surface area contributed by atoms with Crippen LogP contribution >= 0.6 is 23.1 Å². The van der Waals surface area contributed by atoms with Crippen molar-refractivity contribution in [2.45, 2.75) is 56.2 Å². The standard InChI is InChI=1S/C34H35N3O5S2/c1-4-6-10-19-42-26-18-17-25(20-27(26)41-5-2)29-28(30(38)24-15-13-22(3)14-16-24)31(39)32(40)37(29)33-35-36-34(44-33)43-21-23-11-8-7-9-12-23/h7-9,11-18,20,29,38H,4-6,10,19,21H2,1-3H3/b30-28+. The van der Waals surface area contributed by atoms with E-state index in [-0.39, 0.29) is 16.5 Å². The van der Waals surface area contributed by atoms with Gasteiger partial charge in [0, 0.05) is 11.3 Å². The average Bonchev–Trinajstić information content (AvgIpc) is 3.61. The van der Waals surface area contributed by atoms with Crippen LogP contribution in [0.1, 0.15) is 61.4 Å². The number of unbranched alkanes of at least 4 members (excludes halogenated alkanes) is 2. The molecule has 10 heteroatoms. The Morgan fingerprint density at radius 1 is 0.955 bits per heavy atom. The Kier molecular flexibility index (Phi) is 10.3. The zero-order valence-electron chi connectivity index (χ0n) is 25.0. The predicted molar refractivity (Wildman–Crippen MR) is 175 cm³/mol. The summed E-state index contributed by atoms with van der Waals surface area (Å²) >= 11 is 2.74. The molecule has 1 fully saturated rings. The van der Waals surface area contributed by atoms with E-state index in [9.17, 15) is 14.7 Å². The van der Waals surface area contributed by atoms with Crippen molar-refractivity contribution in [2.75, 3.05) is 18.1 Å². The predicted octanol–water partition coefficient (Wildman–Crippen LogP) is 7.73. The van der Waals surface area contributed by atoms with Crippen molar-refractivity contribution in [1.29, 1.82) is 0 Å². The number of nitrogens with zero attached hydrogens (tertiary/aromatic N) is 3. The number of aliphatic hydroxyl groups excluding tert-OH is 1. The highest BCUT2D eigenvalue weighted by Gasteiger charge is 2.48. The van der Waals surface area contributed by atoms with E-state index < -0.39 is 17.7 Å². The number of hydrogen-bond donors (Lipinski definition) is 1. The van der Waals surface area contributed by atoms with Crippen molar-refractivity contribution in [2.24, 2.45) is 0 Å². The van der Waals surface area contributed by atoms with Crippen LogP contribution in [0.3, 0.4) is 0 Å². The van der Waals surface area contributed by atoms with Gasteiger partial charge in [0.1, 0.15) is 5.76 Å². The monoisotopic (exact) mass is 629 g/mol. The first-order chi connectivity index (χ1) is 21.4. The summed E-state index contributed by atoms with van der Waals surface area (Å²) in [6.07, 6.45) is 3.06. The van der Waals surface area contributed by atoms with Crippen LogP contribution in [0.25, 0.3) is 5.76 Å². The number of carbonyl (C=O) groups is 2. The van der Waals surface area contributed by atoms with E-state index in [2.05, 4.69) is 17.1 Å². The van der Waals surface area contributed by atoms with Gasteiger partial charge in [-0.1, -0.05) is 109 Å². The zero-order valence-corrected chi connectivity index (χ0v) is 26.6. The van der Waals surface area contributed by atoms with Crippen molar-refractivity contribution >= 4 is 45.7 Å². The molecule has 1 aliphatic rings. The normalized spacial score (nSPS) is 16.0. The smallest absolute Gasteiger partial charge is 0.301 e. The Morgan fingerprint density at radius 3 is 2.45 bits per heavy atom. The van der Waals surface area contributed by atoms with Crippen molar-refractivity contribution in [3.8, 4) is 11.5 Å². The van der Waals surface area contributed by atoms with Crippen molar-refractivity contribution in [3.05, 3.63) is 101 Å². The molecule has 4 aromatic rings. The van der Waals surface area contributed by atoms with Crippen LogP contribution in [0.15, 0.2) is 82.7 Å². The number of aryl methyl sites for hydroxylation is 1. The van der Waals surface area contributed by atoms with Crippen molar-refractivity contribution < 1.29 is 24.2 Å². The van der Waals surface area contributed by atoms with E-state index in [0.717, 1.165) is 30.4 Å². The number of benzene rings is 3. The fraction of sp³-hybridized carbons (Fsp3) is 0.294. The molecule has 0 saturated carbocycles. The zero-order chi connectivity index (χ0) is 31.1. The van der Waals surface area contributed by atoms with E-state index in [0.29, 0.717) is 45.9 Å². The van der Waals surface area contributed by atoms with Gasteiger partial charge in [-0.15, -0.1) is 10.2 Å². The van der Waals surface area contributed by atoms with Crippen LogP contribution < -0.4 is 14.4 Å². The number of amides is 1. The van der Waals surface area contributed by atoms with Gasteiger partial charge in [0.25, 0.3) is 5.78 Å². The highest BCUT2D eigenvalue weighted by molar-refractivity contribution is 8.00. The third kappa shape index (κ3) is 6.97. The lowest BCUT2D eigenvalue weighted by atomic mass is 9.95. The van der Waals surface area contributed by atoms with Crippen LogP contribution in [0, 0.1) is 6.92 Å². The molecular weight excluding hydrogens is 595 g/mol. The van der Waals surface area contributed by atoms with Gasteiger partial charge in [-0.05, 0) is 43.5 Å². The maximum absolute atomic E-state index is 13.7. The Morgan fingerprint density at radius 2 is 1.73 bits per heavy atom. The Labute approximate surface area is 265 Å². The molecule has 1 atom stereocenters. The average molecular weight is 630 g/mol. The van der Waals surface area contributed by atoms with E-state index in [1.54, 1.807) is 30.3 Å². The third-order valence-electron chi connectivity index (χ3n) is 7.17. The van der Waals surface area contributed by atoms with Gasteiger partial charge < -0.3 is 14.6 Å². The summed E-state index contributed by atoms with van der Waals surface area (Å²) in [4.78, 5) is 28.6. The minimum atomic E-state index is -0.954. The third-order valence-corrected chi connectivity index (χ3v) is 9.29. The molecule has 8 nitrogen and oxygen atoms in total. The van der Waals surface area contributed by atoms with Crippen LogP contribution in [-0.2, 0) is 15.3 Å². The second kappa shape index (κ2) is 14.5. The molecule has 1 saturated heterocycles. The Bertz CT molecular complexity index is 1640. The highest BCUT2D eigenvalue weighted by atomic mass is 32.2. The molecule has 1 aliphatic heterocycles. The number of ketones is 1. The molecule has 228 valence electrons. The number of anilines is 1. The number of aliphatic hydroxyl groups is 1. The number of carbonyl (C=O) groups excluding carboxylic acids is 2. The number of thioether (sulfide) groups is 1. The van der Waals surface area contributed by atoms with Gasteiger partial charge in [0.15, 0.2) is 15.8 Å². The lowest BCUT2D eigenvalue weighted by Gasteiger charge is -2.23. The number of hydrogen-bond acceptors (Lipinski definition) is 9. The highest BCUT2D eigenvalue weighted by Crippen LogP contribution is 2.45. The SMILES string of the molecule is CCCCCOc1ccc(C2/C(=C(\O)c3ccc(C)cc3)C(=O)C(=O)N2c2nnc(SCc3ccccc3)s2)cc1OCC. The molecule has 2 heterocycles. The molecule has 0 spiro atoms. The summed E-state index contributed by atoms with van der Waals surface area (Å²) in [7, 11) is 0. The first kappa shape index (κ1) is 31.3. The molecule has 0 bridgehead atoms. The molecule has 0 aliphatic carbocycles. The largest absolute Gasteiger partial charge is 0.507 e. The Balaban J connectivity index is 1.55. The summed E-state index contributed by atoms with van der Waals surface area (Å²) in [5.41, 5.74) is 3.13. The Hall–Kier alpha value is -4.15. The molecule has 1 unspecified atom stereocenters. The van der Waals surface area contributed by atoms with E-state index in [1.165, 1.54) is 28.0 Å². The lowest BCUT2D eigenvalue weighted by Crippen LogP contribution is -2.29. The lowest BCUT2D eigenvalue weighted by molar-refractivity contribution is -0.132. The van der Waals surface area contributed by atoms with Gasteiger partial charge in [0.05, 0.1) is 24.8 Å². The van der Waals surface area contributed by atoms with Crippen molar-refractivity contribution in [1.82, 2.24) is 10.2 Å². The maximum Gasteiger partial charge on any atom is 0.301 e. The number of rotatable bonds is 13. The van der Waals surface area contributed by atoms with Gasteiger partial charge in [-0.2, -0.15) is 0 Å². The quantitative estimate of drug-likeness (QED) is 0.0400. The maximum atomic E-state index is 13.7. The summed E-state index contributed by atoms with van der Waals surface area (Å²) in [6, 6.07) is 21.6. The first-order valence-electron chi connectivity index (χ1n) is 14.7. The van der Waals surface area contributed by atoms with Gasteiger partial charge in [0.2, 0.25) is 5.13 Å². The number of ether oxygens (including phenoxy) is 2. The van der Waals surface area contributed by atoms with Crippen LogP contribution in [-0.4, -0.2) is 40.2 Å². The van der Waals surface area contributed by atoms with E-state index in [1.807, 2.05) is 56.3 Å². The number of aromatic nitrogens is 2. The molecule has 5 rings (SSSR count). The molecule has 1 amide bonds.